The smallest absolute Gasteiger partial charge is 0.433 e. The summed E-state index contributed by atoms with van der Waals surface area (Å²) in [6.45, 7) is 1.85. The van der Waals surface area contributed by atoms with E-state index in [4.69, 9.17) is 4.74 Å². The van der Waals surface area contributed by atoms with Crippen molar-refractivity contribution in [3.8, 4) is 17.3 Å². The number of fused-ring (bicyclic) bond motifs is 2. The lowest BCUT2D eigenvalue weighted by Crippen LogP contribution is -2.26. The number of halogens is 5. The summed E-state index contributed by atoms with van der Waals surface area (Å²) in [5, 5.41) is 0. The van der Waals surface area contributed by atoms with Gasteiger partial charge < -0.3 is 14.2 Å². The lowest BCUT2D eigenvalue weighted by Gasteiger charge is -2.20. The van der Waals surface area contributed by atoms with E-state index in [1.807, 2.05) is 0 Å². The van der Waals surface area contributed by atoms with Gasteiger partial charge in [-0.2, -0.15) is 13.2 Å². The van der Waals surface area contributed by atoms with E-state index in [-0.39, 0.29) is 17.3 Å². The third kappa shape index (κ3) is 3.99. The molecular formula is C24H19F5N6O. The van der Waals surface area contributed by atoms with Crippen LogP contribution >= 0.6 is 0 Å². The van der Waals surface area contributed by atoms with Crippen LogP contribution < -0.4 is 9.64 Å². The average Bonchev–Trinajstić information content (AvgIpc) is 3.13. The molecule has 0 radical (unpaired) electrons. The van der Waals surface area contributed by atoms with Crippen LogP contribution in [-0.2, 0) is 13.2 Å². The molecule has 0 bridgehead atoms. The molecule has 4 aromatic rings. The van der Waals surface area contributed by atoms with Gasteiger partial charge >= 0.3 is 6.18 Å². The second-order valence-corrected chi connectivity index (χ2v) is 9.09. The molecule has 1 aromatic carbocycles. The topological polar surface area (TPSA) is 69.0 Å². The Labute approximate surface area is 201 Å². The largest absolute Gasteiger partial charge is 0.493 e. The number of aromatic nitrogens is 5. The van der Waals surface area contributed by atoms with E-state index in [2.05, 4.69) is 24.8 Å². The number of hydrogen-bond acceptors (Lipinski definition) is 6. The molecule has 3 aromatic heterocycles. The molecule has 1 aliphatic heterocycles. The third-order valence-corrected chi connectivity index (χ3v) is 6.81. The first-order chi connectivity index (χ1) is 17.2. The average molecular weight is 502 g/mol. The Morgan fingerprint density at radius 2 is 1.72 bits per heavy atom. The Bertz CT molecular complexity index is 1440. The fourth-order valence-electron chi connectivity index (χ4n) is 4.93. The number of nitrogens with zero attached hydrogens (tertiary/aromatic N) is 6. The highest BCUT2D eigenvalue weighted by atomic mass is 19.4. The Hall–Kier alpha value is -3.83. The number of pyridine rings is 1. The first-order valence-electron chi connectivity index (χ1n) is 11.3. The minimum atomic E-state index is -4.56. The molecule has 0 N–H and O–H groups in total. The van der Waals surface area contributed by atoms with Crippen molar-refractivity contribution in [3.63, 3.8) is 0 Å². The van der Waals surface area contributed by atoms with Crippen LogP contribution in [0.3, 0.4) is 0 Å². The molecule has 2 fully saturated rings. The summed E-state index contributed by atoms with van der Waals surface area (Å²) < 4.78 is 73.1. The number of piperidine rings is 1. The number of hydrogen-bond donors (Lipinski definition) is 0. The van der Waals surface area contributed by atoms with E-state index in [1.54, 1.807) is 17.8 Å². The summed E-state index contributed by atoms with van der Waals surface area (Å²) in [5.41, 5.74) is -0.160. The fraction of sp³-hybridized carbons (Fsp3) is 0.333. The van der Waals surface area contributed by atoms with E-state index in [9.17, 15) is 22.0 Å². The van der Waals surface area contributed by atoms with Gasteiger partial charge in [0.1, 0.15) is 34.6 Å². The molecule has 2 unspecified atom stereocenters. The van der Waals surface area contributed by atoms with Crippen molar-refractivity contribution < 1.29 is 26.7 Å². The van der Waals surface area contributed by atoms with Crippen molar-refractivity contribution in [2.24, 2.45) is 24.8 Å². The first-order valence-corrected chi connectivity index (χ1v) is 11.3. The fourth-order valence-corrected chi connectivity index (χ4v) is 4.93. The van der Waals surface area contributed by atoms with E-state index in [1.165, 1.54) is 12.1 Å². The van der Waals surface area contributed by atoms with Gasteiger partial charge in [0, 0.05) is 44.3 Å². The SMILES string of the molecule is Cn1c(-c2cccc(C(F)(F)F)n2)nc2ncc(N3CC4C(COc5cc(F)cc(F)c5)C4C3)nc21. The molecular weight excluding hydrogens is 483 g/mol. The molecule has 1 saturated heterocycles. The van der Waals surface area contributed by atoms with E-state index < -0.39 is 23.5 Å². The van der Waals surface area contributed by atoms with Gasteiger partial charge in [0.25, 0.3) is 0 Å². The maximum atomic E-state index is 13.3. The van der Waals surface area contributed by atoms with Gasteiger partial charge in [0.05, 0.1) is 12.8 Å². The second kappa shape index (κ2) is 8.10. The molecule has 6 rings (SSSR count). The molecule has 186 valence electrons. The normalized spacial score (nSPS) is 21.2. The number of rotatable bonds is 5. The molecule has 0 spiro atoms. The van der Waals surface area contributed by atoms with Gasteiger partial charge in [0.15, 0.2) is 17.1 Å². The predicted octanol–water partition coefficient (Wildman–Crippen LogP) is 4.48. The number of benzene rings is 1. The summed E-state index contributed by atoms with van der Waals surface area (Å²) in [7, 11) is 1.66. The second-order valence-electron chi connectivity index (χ2n) is 9.09. The van der Waals surface area contributed by atoms with E-state index >= 15 is 0 Å². The van der Waals surface area contributed by atoms with Crippen molar-refractivity contribution in [1.29, 1.82) is 0 Å². The number of anilines is 1. The molecule has 12 heteroatoms. The predicted molar refractivity (Wildman–Crippen MR) is 119 cm³/mol. The van der Waals surface area contributed by atoms with E-state index in [0.29, 0.717) is 41.5 Å². The number of alkyl halides is 3. The third-order valence-electron chi connectivity index (χ3n) is 6.81. The Morgan fingerprint density at radius 1 is 1.00 bits per heavy atom. The van der Waals surface area contributed by atoms with Crippen LogP contribution in [0.4, 0.5) is 27.8 Å². The van der Waals surface area contributed by atoms with Crippen LogP contribution in [0, 0.1) is 29.4 Å². The van der Waals surface area contributed by atoms with Crippen LogP contribution in [0.2, 0.25) is 0 Å². The summed E-state index contributed by atoms with van der Waals surface area (Å²) in [6, 6.07) is 6.79. The van der Waals surface area contributed by atoms with Gasteiger partial charge in [-0.3, -0.25) is 0 Å². The van der Waals surface area contributed by atoms with Crippen LogP contribution in [-0.4, -0.2) is 44.2 Å². The van der Waals surface area contributed by atoms with Crippen molar-refractivity contribution in [2.45, 2.75) is 6.18 Å². The maximum Gasteiger partial charge on any atom is 0.433 e. The van der Waals surface area contributed by atoms with Crippen molar-refractivity contribution in [1.82, 2.24) is 24.5 Å². The zero-order valence-electron chi connectivity index (χ0n) is 18.9. The van der Waals surface area contributed by atoms with Crippen LogP contribution in [0.25, 0.3) is 22.8 Å². The highest BCUT2D eigenvalue weighted by Crippen LogP contribution is 2.52. The summed E-state index contributed by atoms with van der Waals surface area (Å²) in [6.07, 6.45) is -2.96. The minimum Gasteiger partial charge on any atom is -0.493 e. The molecule has 1 aliphatic carbocycles. The highest BCUT2D eigenvalue weighted by molar-refractivity contribution is 5.74. The molecule has 7 nitrogen and oxygen atoms in total. The van der Waals surface area contributed by atoms with Gasteiger partial charge in [-0.05, 0) is 24.0 Å². The standard InChI is InChI=1S/C24H19F5N6O/c1-34-22(18-3-2-4-19(31-18)24(27,28)29)33-21-23(34)32-20(8-30-21)35-9-15-16(10-35)17(15)11-36-14-6-12(25)5-13(26)7-14/h2-8,15-17H,9-11H2,1H3. The Morgan fingerprint density at radius 3 is 2.42 bits per heavy atom. The van der Waals surface area contributed by atoms with Gasteiger partial charge in [-0.25, -0.2) is 28.7 Å². The number of imidazole rings is 1. The van der Waals surface area contributed by atoms with Gasteiger partial charge in [-0.1, -0.05) is 6.07 Å². The van der Waals surface area contributed by atoms with Crippen LogP contribution in [0.5, 0.6) is 5.75 Å². The Balaban J connectivity index is 1.16. The molecule has 0 amide bonds. The van der Waals surface area contributed by atoms with Crippen molar-refractivity contribution in [3.05, 3.63) is 59.9 Å². The highest BCUT2D eigenvalue weighted by Gasteiger charge is 2.56. The van der Waals surface area contributed by atoms with Crippen LogP contribution in [0.1, 0.15) is 5.69 Å². The zero-order valence-corrected chi connectivity index (χ0v) is 18.9. The molecule has 2 atom stereocenters. The maximum absolute atomic E-state index is 13.3. The quantitative estimate of drug-likeness (QED) is 0.375. The zero-order chi connectivity index (χ0) is 25.2. The summed E-state index contributed by atoms with van der Waals surface area (Å²) in [5.74, 6) is 0.741. The van der Waals surface area contributed by atoms with Crippen molar-refractivity contribution in [2.75, 3.05) is 24.6 Å². The summed E-state index contributed by atoms with van der Waals surface area (Å²) >= 11 is 0. The molecule has 36 heavy (non-hydrogen) atoms. The molecule has 2 aliphatic rings. The Kier molecular flexibility index (Phi) is 5.09. The first kappa shape index (κ1) is 22.6. The molecule has 4 heterocycles. The van der Waals surface area contributed by atoms with Gasteiger partial charge in [0.2, 0.25) is 0 Å². The summed E-state index contributed by atoms with van der Waals surface area (Å²) in [4.78, 5) is 19.2. The lowest BCUT2D eigenvalue weighted by molar-refractivity contribution is -0.141. The minimum absolute atomic E-state index is 0.0807. The molecule has 1 saturated carbocycles. The number of ether oxygens (including phenoxy) is 1. The monoisotopic (exact) mass is 502 g/mol. The number of aryl methyl sites for hydroxylation is 1. The van der Waals surface area contributed by atoms with Crippen LogP contribution in [0.15, 0.2) is 42.6 Å². The van der Waals surface area contributed by atoms with E-state index in [0.717, 1.165) is 37.4 Å². The van der Waals surface area contributed by atoms with Crippen molar-refractivity contribution >= 4 is 17.1 Å². The van der Waals surface area contributed by atoms with Gasteiger partial charge in [-0.15, -0.1) is 0 Å². The lowest BCUT2D eigenvalue weighted by atomic mass is 10.2.